The molecular formula is C22H33ClN2O4. The molecule has 1 saturated carbocycles. The third-order valence-electron chi connectivity index (χ3n) is 5.74. The summed E-state index contributed by atoms with van der Waals surface area (Å²) in [6.45, 7) is 5.11. The lowest BCUT2D eigenvalue weighted by Gasteiger charge is -2.27. The van der Waals surface area contributed by atoms with Crippen molar-refractivity contribution < 1.29 is 19.1 Å². The van der Waals surface area contributed by atoms with Gasteiger partial charge in [-0.2, -0.15) is 0 Å². The predicted molar refractivity (Wildman–Crippen MR) is 115 cm³/mol. The lowest BCUT2D eigenvalue weighted by atomic mass is 9.86. The Bertz CT molecular complexity index is 639. The molecule has 6 nitrogen and oxygen atoms in total. The van der Waals surface area contributed by atoms with Crippen molar-refractivity contribution in [2.45, 2.75) is 51.5 Å². The fourth-order valence-electron chi connectivity index (χ4n) is 3.97. The van der Waals surface area contributed by atoms with Gasteiger partial charge in [0.2, 0.25) is 0 Å². The maximum Gasteiger partial charge on any atom is 0.308 e. The topological polar surface area (TPSA) is 76.7 Å². The molecule has 1 aliphatic heterocycles. The highest BCUT2D eigenvalue weighted by Gasteiger charge is 2.28. The molecular weight excluding hydrogens is 392 g/mol. The van der Waals surface area contributed by atoms with Crippen LogP contribution >= 0.6 is 12.4 Å². The number of amides is 1. The first-order valence-electron chi connectivity index (χ1n) is 10.6. The molecule has 1 aromatic carbocycles. The van der Waals surface area contributed by atoms with Gasteiger partial charge in [-0.05, 0) is 88.7 Å². The number of carbonyl (C=O) groups is 2. The van der Waals surface area contributed by atoms with E-state index in [-0.39, 0.29) is 36.2 Å². The molecule has 7 heteroatoms. The summed E-state index contributed by atoms with van der Waals surface area (Å²) in [4.78, 5) is 24.3. The molecule has 162 valence electrons. The van der Waals surface area contributed by atoms with Crippen LogP contribution in [0.1, 0.15) is 55.8 Å². The molecule has 0 bridgehead atoms. The first-order valence-corrected chi connectivity index (χ1v) is 10.6. The van der Waals surface area contributed by atoms with E-state index in [0.29, 0.717) is 18.1 Å². The van der Waals surface area contributed by atoms with E-state index in [1.807, 2.05) is 31.2 Å². The summed E-state index contributed by atoms with van der Waals surface area (Å²) in [6.07, 6.45) is 5.47. The molecule has 29 heavy (non-hydrogen) atoms. The summed E-state index contributed by atoms with van der Waals surface area (Å²) in [5, 5.41) is 6.45. The lowest BCUT2D eigenvalue weighted by molar-refractivity contribution is -0.149. The minimum atomic E-state index is -0.104. The Hall–Kier alpha value is -1.79. The van der Waals surface area contributed by atoms with Gasteiger partial charge >= 0.3 is 5.97 Å². The Morgan fingerprint density at radius 2 is 1.69 bits per heavy atom. The molecule has 2 N–H and O–H groups in total. The second kappa shape index (κ2) is 12.0. The number of benzene rings is 1. The normalized spacial score (nSPS) is 22.2. The molecule has 0 spiro atoms. The number of carbonyl (C=O) groups excluding carboxylic acids is 2. The average molecular weight is 425 g/mol. The van der Waals surface area contributed by atoms with Gasteiger partial charge < -0.3 is 20.1 Å². The van der Waals surface area contributed by atoms with Crippen molar-refractivity contribution >= 4 is 24.3 Å². The van der Waals surface area contributed by atoms with Gasteiger partial charge in [-0.15, -0.1) is 12.4 Å². The van der Waals surface area contributed by atoms with Crippen LogP contribution in [-0.4, -0.2) is 44.2 Å². The van der Waals surface area contributed by atoms with Crippen molar-refractivity contribution in [1.29, 1.82) is 0 Å². The van der Waals surface area contributed by atoms with Crippen molar-refractivity contribution in [3.8, 4) is 5.75 Å². The standard InChI is InChI=1S/C22H32N2O4.ClH/c1-2-27-22(26)18-3-7-19(8-4-18)24-21(25)17-5-9-20(10-6-17)28-15-16-11-13-23-14-12-16;/h5-6,9-10,16,18-19,23H,2-4,7-8,11-15H2,1H3,(H,24,25);1H. The summed E-state index contributed by atoms with van der Waals surface area (Å²) in [6, 6.07) is 7.49. The number of piperidine rings is 1. The molecule has 0 radical (unpaired) electrons. The first-order chi connectivity index (χ1) is 13.7. The summed E-state index contributed by atoms with van der Waals surface area (Å²) < 4.78 is 11.0. The zero-order valence-electron chi connectivity index (χ0n) is 17.2. The highest BCUT2D eigenvalue weighted by atomic mass is 35.5. The highest BCUT2D eigenvalue weighted by Crippen LogP contribution is 2.26. The Labute approximate surface area is 179 Å². The van der Waals surface area contributed by atoms with Crippen LogP contribution in [0, 0.1) is 11.8 Å². The summed E-state index contributed by atoms with van der Waals surface area (Å²) in [5.74, 6) is 1.22. The smallest absolute Gasteiger partial charge is 0.308 e. The van der Waals surface area contributed by atoms with Gasteiger partial charge in [0.05, 0.1) is 19.1 Å². The van der Waals surface area contributed by atoms with Crippen LogP contribution in [0.2, 0.25) is 0 Å². The zero-order valence-corrected chi connectivity index (χ0v) is 18.0. The van der Waals surface area contributed by atoms with Crippen LogP contribution in [0.3, 0.4) is 0 Å². The number of rotatable bonds is 7. The molecule has 1 heterocycles. The van der Waals surface area contributed by atoms with Gasteiger partial charge in [-0.25, -0.2) is 0 Å². The molecule has 0 unspecified atom stereocenters. The summed E-state index contributed by atoms with van der Waals surface area (Å²) in [5.41, 5.74) is 0.640. The number of halogens is 1. The predicted octanol–water partition coefficient (Wildman–Crippen LogP) is 3.34. The van der Waals surface area contributed by atoms with Crippen LogP contribution in [-0.2, 0) is 9.53 Å². The summed E-state index contributed by atoms with van der Waals surface area (Å²) >= 11 is 0. The minimum Gasteiger partial charge on any atom is -0.493 e. The third-order valence-corrected chi connectivity index (χ3v) is 5.74. The maximum atomic E-state index is 12.5. The third kappa shape index (κ3) is 7.19. The Morgan fingerprint density at radius 3 is 2.31 bits per heavy atom. The fraction of sp³-hybridized carbons (Fsp3) is 0.636. The molecule has 0 atom stereocenters. The first kappa shape index (κ1) is 23.5. The fourth-order valence-corrected chi connectivity index (χ4v) is 3.97. The van der Waals surface area contributed by atoms with Gasteiger partial charge in [0.1, 0.15) is 5.75 Å². The monoisotopic (exact) mass is 424 g/mol. The molecule has 1 aliphatic carbocycles. The van der Waals surface area contributed by atoms with Crippen LogP contribution in [0.4, 0.5) is 0 Å². The molecule has 0 aromatic heterocycles. The minimum absolute atomic E-state index is 0. The molecule has 3 rings (SSSR count). The van der Waals surface area contributed by atoms with E-state index in [0.717, 1.165) is 64.0 Å². The quantitative estimate of drug-likeness (QED) is 0.656. The molecule has 2 fully saturated rings. The van der Waals surface area contributed by atoms with Gasteiger partial charge in [0, 0.05) is 11.6 Å². The number of hydrogen-bond acceptors (Lipinski definition) is 5. The van der Waals surface area contributed by atoms with E-state index in [9.17, 15) is 9.59 Å². The highest BCUT2D eigenvalue weighted by molar-refractivity contribution is 5.94. The number of hydrogen-bond donors (Lipinski definition) is 2. The molecule has 1 amide bonds. The number of nitrogens with one attached hydrogen (secondary N) is 2. The van der Waals surface area contributed by atoms with Crippen molar-refractivity contribution in [1.82, 2.24) is 10.6 Å². The van der Waals surface area contributed by atoms with Crippen LogP contribution < -0.4 is 15.4 Å². The van der Waals surface area contributed by atoms with Gasteiger partial charge in [-0.3, -0.25) is 9.59 Å². The van der Waals surface area contributed by atoms with Crippen LogP contribution in [0.25, 0.3) is 0 Å². The van der Waals surface area contributed by atoms with E-state index in [4.69, 9.17) is 9.47 Å². The van der Waals surface area contributed by atoms with E-state index in [1.54, 1.807) is 0 Å². The van der Waals surface area contributed by atoms with Crippen LogP contribution in [0.15, 0.2) is 24.3 Å². The van der Waals surface area contributed by atoms with Gasteiger partial charge in [0.25, 0.3) is 5.91 Å². The van der Waals surface area contributed by atoms with E-state index >= 15 is 0 Å². The largest absolute Gasteiger partial charge is 0.493 e. The molecule has 1 aromatic rings. The second-order valence-corrected chi connectivity index (χ2v) is 7.80. The lowest BCUT2D eigenvalue weighted by Crippen LogP contribution is -2.39. The Kier molecular flexibility index (Phi) is 9.74. The van der Waals surface area contributed by atoms with Crippen molar-refractivity contribution in [2.24, 2.45) is 11.8 Å². The van der Waals surface area contributed by atoms with Crippen LogP contribution in [0.5, 0.6) is 5.75 Å². The van der Waals surface area contributed by atoms with Gasteiger partial charge in [-0.1, -0.05) is 0 Å². The zero-order chi connectivity index (χ0) is 19.8. The SMILES string of the molecule is CCOC(=O)C1CCC(NC(=O)c2ccc(OCC3CCNCC3)cc2)CC1.Cl. The van der Waals surface area contributed by atoms with E-state index in [1.165, 1.54) is 0 Å². The van der Waals surface area contributed by atoms with Crippen molar-refractivity contribution in [3.05, 3.63) is 29.8 Å². The van der Waals surface area contributed by atoms with Crippen molar-refractivity contribution in [2.75, 3.05) is 26.3 Å². The van der Waals surface area contributed by atoms with Crippen molar-refractivity contribution in [3.63, 3.8) is 0 Å². The number of ether oxygens (including phenoxy) is 2. The Balaban J connectivity index is 0.00000300. The van der Waals surface area contributed by atoms with E-state index < -0.39 is 0 Å². The average Bonchev–Trinajstić information content (AvgIpc) is 2.74. The van der Waals surface area contributed by atoms with Gasteiger partial charge in [0.15, 0.2) is 0 Å². The molecule has 2 aliphatic rings. The molecule has 1 saturated heterocycles. The second-order valence-electron chi connectivity index (χ2n) is 7.80. The Morgan fingerprint density at radius 1 is 1.03 bits per heavy atom. The number of esters is 1. The van der Waals surface area contributed by atoms with E-state index in [2.05, 4.69) is 10.6 Å². The maximum absolute atomic E-state index is 12.5. The summed E-state index contributed by atoms with van der Waals surface area (Å²) in [7, 11) is 0.